The van der Waals surface area contributed by atoms with Crippen LogP contribution in [-0.4, -0.2) is 30.1 Å². The van der Waals surface area contributed by atoms with Crippen LogP contribution >= 0.6 is 0 Å². The van der Waals surface area contributed by atoms with Crippen molar-refractivity contribution in [3.05, 3.63) is 77.9 Å². The Morgan fingerprint density at radius 2 is 1.94 bits per heavy atom. The molecule has 0 spiro atoms. The molecule has 186 valence electrons. The highest BCUT2D eigenvalue weighted by Crippen LogP contribution is 2.35. The third kappa shape index (κ3) is 6.59. The van der Waals surface area contributed by atoms with Gasteiger partial charge in [-0.2, -0.15) is 5.26 Å². The molecule has 0 unspecified atom stereocenters. The Morgan fingerprint density at radius 3 is 2.64 bits per heavy atom. The van der Waals surface area contributed by atoms with Crippen LogP contribution in [0.25, 0.3) is 16.7 Å². The second-order valence-corrected chi connectivity index (χ2v) is 16.1. The van der Waals surface area contributed by atoms with Crippen LogP contribution < -0.4 is 5.32 Å². The van der Waals surface area contributed by atoms with Crippen LogP contribution in [0.4, 0.5) is 5.69 Å². The number of rotatable bonds is 9. The maximum absolute atomic E-state index is 13.4. The highest BCUT2D eigenvalue weighted by atomic mass is 28.3. The first-order valence-electron chi connectivity index (χ1n) is 12.6. The number of allylic oxidation sites excluding steroid dienone is 2. The number of carbonyl (C=O) groups is 1. The van der Waals surface area contributed by atoms with Crippen molar-refractivity contribution < 1.29 is 9.53 Å². The number of amides is 1. The number of hydrogen-bond acceptors (Lipinski definition) is 4. The van der Waals surface area contributed by atoms with Gasteiger partial charge in [0, 0.05) is 32.1 Å². The van der Waals surface area contributed by atoms with E-state index >= 15 is 0 Å². The molecule has 1 aliphatic rings. The zero-order chi connectivity index (χ0) is 25.5. The van der Waals surface area contributed by atoms with Gasteiger partial charge in [0.1, 0.15) is 12.8 Å². The molecule has 2 aromatic carbocycles. The number of benzene rings is 2. The molecule has 0 aliphatic heterocycles. The van der Waals surface area contributed by atoms with Crippen molar-refractivity contribution in [2.45, 2.75) is 58.1 Å². The van der Waals surface area contributed by atoms with Gasteiger partial charge < -0.3 is 14.6 Å². The van der Waals surface area contributed by atoms with E-state index in [-0.39, 0.29) is 24.2 Å². The van der Waals surface area contributed by atoms with Gasteiger partial charge >= 0.3 is 0 Å². The van der Waals surface area contributed by atoms with Gasteiger partial charge in [-0.15, -0.1) is 0 Å². The first-order chi connectivity index (χ1) is 17.3. The third-order valence-electron chi connectivity index (χ3n) is 6.33. The minimum atomic E-state index is -1.22. The van der Waals surface area contributed by atoms with E-state index in [2.05, 4.69) is 54.2 Å². The van der Waals surface area contributed by atoms with Gasteiger partial charge in [-0.3, -0.25) is 4.79 Å². The number of nitriles is 1. The lowest BCUT2D eigenvalue weighted by atomic mass is 9.90. The summed E-state index contributed by atoms with van der Waals surface area (Å²) in [6.45, 7) is 7.69. The van der Waals surface area contributed by atoms with Crippen molar-refractivity contribution in [1.82, 2.24) is 9.55 Å². The predicted octanol–water partition coefficient (Wildman–Crippen LogP) is 6.94. The smallest absolute Gasteiger partial charge is 0.291 e. The van der Waals surface area contributed by atoms with Crippen LogP contribution in [0.5, 0.6) is 0 Å². The fourth-order valence-corrected chi connectivity index (χ4v) is 5.04. The fraction of sp³-hybridized carbons (Fsp3) is 0.345. The van der Waals surface area contributed by atoms with Crippen molar-refractivity contribution in [3.8, 4) is 17.2 Å². The summed E-state index contributed by atoms with van der Waals surface area (Å²) in [6.07, 6.45) is 8.22. The Balaban J connectivity index is 1.59. The number of aromatic nitrogens is 2. The largest absolute Gasteiger partial charge is 0.361 e. The van der Waals surface area contributed by atoms with Crippen LogP contribution in [-0.2, 0) is 11.5 Å². The second-order valence-electron chi connectivity index (χ2n) is 10.4. The Bertz CT molecular complexity index is 1280. The summed E-state index contributed by atoms with van der Waals surface area (Å²) in [6, 6.07) is 19.5. The average molecular weight is 499 g/mol. The number of nitrogens with zero attached hydrogens (tertiary/aromatic N) is 3. The van der Waals surface area contributed by atoms with Gasteiger partial charge in [0.25, 0.3) is 5.91 Å². The molecule has 1 heterocycles. The summed E-state index contributed by atoms with van der Waals surface area (Å²) >= 11 is 0. The molecule has 1 aromatic heterocycles. The number of anilines is 1. The van der Waals surface area contributed by atoms with Gasteiger partial charge in [-0.1, -0.05) is 62.1 Å². The lowest BCUT2D eigenvalue weighted by molar-refractivity contribution is 0.0808. The molecule has 0 bridgehead atoms. The SMILES string of the molecule is C[Si](C)(C)CCOCn1cc(C#N)nc1C(=O)Nc1ccc(-c2ccccc2)cc1C1=CCCCC1. The molecule has 0 saturated heterocycles. The molecule has 0 saturated carbocycles. The van der Waals surface area contributed by atoms with Crippen molar-refractivity contribution in [2.24, 2.45) is 0 Å². The zero-order valence-electron chi connectivity index (χ0n) is 21.4. The van der Waals surface area contributed by atoms with Gasteiger partial charge in [-0.05, 0) is 60.6 Å². The summed E-state index contributed by atoms with van der Waals surface area (Å²) in [5, 5.41) is 12.5. The van der Waals surface area contributed by atoms with Crippen LogP contribution in [0.3, 0.4) is 0 Å². The Morgan fingerprint density at radius 1 is 1.14 bits per heavy atom. The Kier molecular flexibility index (Phi) is 8.19. The third-order valence-corrected chi connectivity index (χ3v) is 8.04. The quantitative estimate of drug-likeness (QED) is 0.256. The maximum Gasteiger partial charge on any atom is 0.291 e. The van der Waals surface area contributed by atoms with E-state index in [4.69, 9.17) is 4.74 Å². The van der Waals surface area contributed by atoms with E-state index in [9.17, 15) is 10.1 Å². The first-order valence-corrected chi connectivity index (χ1v) is 16.3. The van der Waals surface area contributed by atoms with E-state index < -0.39 is 8.07 Å². The van der Waals surface area contributed by atoms with Gasteiger partial charge in [0.15, 0.2) is 5.69 Å². The molecular weight excluding hydrogens is 464 g/mol. The molecule has 0 radical (unpaired) electrons. The number of carbonyl (C=O) groups excluding carboxylic acids is 1. The lowest BCUT2D eigenvalue weighted by Gasteiger charge is -2.19. The predicted molar refractivity (Wildman–Crippen MR) is 147 cm³/mol. The molecule has 0 atom stereocenters. The van der Waals surface area contributed by atoms with Crippen molar-refractivity contribution in [2.75, 3.05) is 11.9 Å². The lowest BCUT2D eigenvalue weighted by Crippen LogP contribution is -2.23. The average Bonchev–Trinajstić information content (AvgIpc) is 3.31. The monoisotopic (exact) mass is 498 g/mol. The van der Waals surface area contributed by atoms with E-state index in [1.165, 1.54) is 12.0 Å². The van der Waals surface area contributed by atoms with E-state index in [1.54, 1.807) is 10.8 Å². The molecule has 1 aliphatic carbocycles. The summed E-state index contributed by atoms with van der Waals surface area (Å²) in [7, 11) is -1.22. The topological polar surface area (TPSA) is 79.9 Å². The number of imidazole rings is 1. The highest BCUT2D eigenvalue weighted by molar-refractivity contribution is 6.76. The van der Waals surface area contributed by atoms with E-state index in [0.29, 0.717) is 6.61 Å². The van der Waals surface area contributed by atoms with Crippen LogP contribution in [0, 0.1) is 11.3 Å². The molecular formula is C29H34N4O2Si. The van der Waals surface area contributed by atoms with Gasteiger partial charge in [-0.25, -0.2) is 4.98 Å². The van der Waals surface area contributed by atoms with Crippen LogP contribution in [0.1, 0.15) is 47.6 Å². The molecule has 7 heteroatoms. The standard InChI is InChI=1S/C29H34N4O2Si/c1-36(2,3)17-16-35-21-33-20-25(19-30)31-28(33)29(34)32-27-15-14-24(22-10-6-4-7-11-22)18-26(27)23-12-8-5-9-13-23/h4,6-7,10-12,14-15,18,20H,5,8-9,13,16-17,21H2,1-3H3,(H,32,34). The highest BCUT2D eigenvalue weighted by Gasteiger charge is 2.20. The number of nitrogens with one attached hydrogen (secondary N) is 1. The first kappa shape index (κ1) is 25.6. The minimum absolute atomic E-state index is 0.176. The second kappa shape index (κ2) is 11.5. The zero-order valence-corrected chi connectivity index (χ0v) is 22.4. The summed E-state index contributed by atoms with van der Waals surface area (Å²) in [5.74, 6) is -0.175. The number of ether oxygens (including phenoxy) is 1. The minimum Gasteiger partial charge on any atom is -0.361 e. The maximum atomic E-state index is 13.4. The molecule has 0 fully saturated rings. The van der Waals surface area contributed by atoms with Crippen LogP contribution in [0.15, 0.2) is 60.8 Å². The fourth-order valence-electron chi connectivity index (χ4n) is 4.28. The van der Waals surface area contributed by atoms with Crippen molar-refractivity contribution >= 4 is 25.2 Å². The van der Waals surface area contributed by atoms with Gasteiger partial charge in [0.05, 0.1) is 0 Å². The molecule has 3 aromatic rings. The van der Waals surface area contributed by atoms with Crippen molar-refractivity contribution in [3.63, 3.8) is 0 Å². The number of hydrogen-bond donors (Lipinski definition) is 1. The van der Waals surface area contributed by atoms with Gasteiger partial charge in [0.2, 0.25) is 5.82 Å². The normalized spacial score (nSPS) is 13.7. The molecule has 4 rings (SSSR count). The molecule has 36 heavy (non-hydrogen) atoms. The van der Waals surface area contributed by atoms with E-state index in [1.807, 2.05) is 36.4 Å². The molecule has 6 nitrogen and oxygen atoms in total. The Labute approximate surface area is 214 Å². The van der Waals surface area contributed by atoms with Crippen LogP contribution in [0.2, 0.25) is 25.7 Å². The van der Waals surface area contributed by atoms with E-state index in [0.717, 1.165) is 47.7 Å². The molecule has 1 amide bonds. The summed E-state index contributed by atoms with van der Waals surface area (Å²) in [4.78, 5) is 17.6. The molecule has 1 N–H and O–H groups in total. The summed E-state index contributed by atoms with van der Waals surface area (Å²) in [5.41, 5.74) is 5.49. The summed E-state index contributed by atoms with van der Waals surface area (Å²) < 4.78 is 7.46. The van der Waals surface area contributed by atoms with Crippen molar-refractivity contribution in [1.29, 1.82) is 5.26 Å². The Hall–Kier alpha value is -3.47.